The van der Waals surface area contributed by atoms with Crippen molar-refractivity contribution >= 4 is 23.2 Å². The molecule has 0 aromatic carbocycles. The fraction of sp³-hybridized carbons (Fsp3) is 0.667. The molecule has 2 heterocycles. The van der Waals surface area contributed by atoms with Gasteiger partial charge in [0, 0.05) is 37.6 Å². The van der Waals surface area contributed by atoms with Gasteiger partial charge in [-0.05, 0) is 12.8 Å². The number of aromatic nitrogens is 1. The lowest BCUT2D eigenvalue weighted by Crippen LogP contribution is -2.37. The molecule has 1 aromatic heterocycles. The molecule has 1 saturated heterocycles. The van der Waals surface area contributed by atoms with Crippen molar-refractivity contribution < 1.29 is 9.59 Å². The highest BCUT2D eigenvalue weighted by Crippen LogP contribution is 2.30. The van der Waals surface area contributed by atoms with Crippen molar-refractivity contribution in [1.29, 1.82) is 0 Å². The largest absolute Gasteiger partial charge is 0.339 e. The average molecular weight is 307 g/mol. The predicted molar refractivity (Wildman–Crippen MR) is 80.7 cm³/mol. The average Bonchev–Trinajstić information content (AvgIpc) is 3.17. The summed E-state index contributed by atoms with van der Waals surface area (Å²) in [5, 5.41) is 2.84. The van der Waals surface area contributed by atoms with E-state index in [9.17, 15) is 9.59 Å². The first-order valence-electron chi connectivity index (χ1n) is 7.58. The molecule has 1 saturated carbocycles. The van der Waals surface area contributed by atoms with E-state index >= 15 is 0 Å². The Labute approximate surface area is 129 Å². The third-order valence-electron chi connectivity index (χ3n) is 4.51. The normalized spacial score (nSPS) is 23.0. The van der Waals surface area contributed by atoms with Crippen LogP contribution in [0.15, 0.2) is 11.6 Å². The van der Waals surface area contributed by atoms with E-state index in [0.717, 1.165) is 17.8 Å². The van der Waals surface area contributed by atoms with Crippen LogP contribution in [0.3, 0.4) is 0 Å². The van der Waals surface area contributed by atoms with Crippen molar-refractivity contribution in [1.82, 2.24) is 14.8 Å². The quantitative estimate of drug-likeness (QED) is 0.853. The smallest absolute Gasteiger partial charge is 0.228 e. The van der Waals surface area contributed by atoms with E-state index < -0.39 is 0 Å². The van der Waals surface area contributed by atoms with Crippen LogP contribution in [0.25, 0.3) is 0 Å². The van der Waals surface area contributed by atoms with Crippen LogP contribution in [0, 0.1) is 5.92 Å². The van der Waals surface area contributed by atoms with E-state index in [1.165, 1.54) is 12.8 Å². The number of hydrogen-bond donors (Lipinski definition) is 0. The van der Waals surface area contributed by atoms with Gasteiger partial charge in [-0.15, -0.1) is 11.3 Å². The molecule has 0 unspecified atom stereocenters. The van der Waals surface area contributed by atoms with Crippen molar-refractivity contribution in [2.24, 2.45) is 5.92 Å². The third kappa shape index (κ3) is 3.10. The van der Waals surface area contributed by atoms with Crippen molar-refractivity contribution in [3.05, 3.63) is 16.6 Å². The molecule has 6 heteroatoms. The van der Waals surface area contributed by atoms with Crippen LogP contribution >= 0.6 is 11.3 Å². The predicted octanol–water partition coefficient (Wildman–Crippen LogP) is 1.89. The Balaban J connectivity index is 1.59. The van der Waals surface area contributed by atoms with Gasteiger partial charge in [-0.25, -0.2) is 4.98 Å². The molecule has 0 spiro atoms. The second-order valence-corrected chi connectivity index (χ2v) is 6.98. The molecule has 0 N–H and O–H groups in total. The maximum Gasteiger partial charge on any atom is 0.228 e. The molecule has 5 nitrogen and oxygen atoms in total. The van der Waals surface area contributed by atoms with Gasteiger partial charge in [0.05, 0.1) is 12.5 Å². The number of thiazole rings is 1. The highest BCUT2D eigenvalue weighted by molar-refractivity contribution is 7.09. The summed E-state index contributed by atoms with van der Waals surface area (Å²) in [7, 11) is 1.80. The van der Waals surface area contributed by atoms with Gasteiger partial charge in [0.25, 0.3) is 0 Å². The lowest BCUT2D eigenvalue weighted by molar-refractivity contribution is -0.135. The van der Waals surface area contributed by atoms with E-state index in [-0.39, 0.29) is 17.7 Å². The van der Waals surface area contributed by atoms with Crippen LogP contribution in [-0.4, -0.2) is 46.2 Å². The fourth-order valence-corrected chi connectivity index (χ4v) is 4.06. The topological polar surface area (TPSA) is 53.5 Å². The van der Waals surface area contributed by atoms with Gasteiger partial charge < -0.3 is 9.80 Å². The third-order valence-corrected chi connectivity index (χ3v) is 5.27. The molecule has 1 aromatic rings. The van der Waals surface area contributed by atoms with Gasteiger partial charge in [0.15, 0.2) is 0 Å². The second kappa shape index (κ2) is 6.13. The minimum absolute atomic E-state index is 0.0686. The van der Waals surface area contributed by atoms with Crippen LogP contribution in [0.4, 0.5) is 0 Å². The molecule has 2 aliphatic rings. The molecule has 3 rings (SSSR count). The molecular weight excluding hydrogens is 286 g/mol. The van der Waals surface area contributed by atoms with Gasteiger partial charge in [0.2, 0.25) is 11.8 Å². The highest BCUT2D eigenvalue weighted by atomic mass is 32.1. The Hall–Kier alpha value is -1.43. The summed E-state index contributed by atoms with van der Waals surface area (Å²) in [5.41, 5.74) is 0. The van der Waals surface area contributed by atoms with E-state index in [0.29, 0.717) is 25.6 Å². The van der Waals surface area contributed by atoms with Gasteiger partial charge in [-0.3, -0.25) is 9.59 Å². The zero-order valence-corrected chi connectivity index (χ0v) is 13.1. The fourth-order valence-electron chi connectivity index (χ4n) is 3.39. The Morgan fingerprint density at radius 3 is 2.90 bits per heavy atom. The Morgan fingerprint density at radius 2 is 2.24 bits per heavy atom. The Bertz CT molecular complexity index is 511. The molecule has 114 valence electrons. The molecule has 1 atom stereocenters. The number of carbonyl (C=O) groups excluding carboxylic acids is 2. The zero-order chi connectivity index (χ0) is 14.8. The molecule has 1 aliphatic carbocycles. The van der Waals surface area contributed by atoms with E-state index in [4.69, 9.17) is 0 Å². The van der Waals surface area contributed by atoms with Crippen LogP contribution in [0.2, 0.25) is 0 Å². The monoisotopic (exact) mass is 307 g/mol. The minimum atomic E-state index is -0.178. The molecule has 2 amide bonds. The van der Waals surface area contributed by atoms with Crippen LogP contribution in [0.5, 0.6) is 0 Å². The van der Waals surface area contributed by atoms with E-state index in [1.807, 2.05) is 10.3 Å². The SMILES string of the molecule is CN(Cc1nccs1)C(=O)[C@H]1CC(=O)N(C2CCCC2)C1. The van der Waals surface area contributed by atoms with Gasteiger partial charge in [-0.2, -0.15) is 0 Å². The standard InChI is InChI=1S/C15H21N3O2S/c1-17(10-13-16-6-7-21-13)15(20)11-8-14(19)18(9-11)12-4-2-3-5-12/h6-7,11-12H,2-5,8-10H2,1H3/t11-/m0/s1. The van der Waals surface area contributed by atoms with Crippen molar-refractivity contribution in [3.8, 4) is 0 Å². The van der Waals surface area contributed by atoms with E-state index in [1.54, 1.807) is 29.5 Å². The first-order valence-corrected chi connectivity index (χ1v) is 8.46. The lowest BCUT2D eigenvalue weighted by atomic mass is 10.1. The van der Waals surface area contributed by atoms with Gasteiger partial charge >= 0.3 is 0 Å². The minimum Gasteiger partial charge on any atom is -0.339 e. The summed E-state index contributed by atoms with van der Waals surface area (Å²) in [4.78, 5) is 32.5. The van der Waals surface area contributed by atoms with Crippen molar-refractivity contribution in [2.75, 3.05) is 13.6 Å². The zero-order valence-electron chi connectivity index (χ0n) is 12.3. The number of likely N-dealkylation sites (tertiary alicyclic amines) is 1. The summed E-state index contributed by atoms with van der Waals surface area (Å²) in [6.07, 6.45) is 6.73. The molecular formula is C15H21N3O2S. The molecule has 1 aliphatic heterocycles. The van der Waals surface area contributed by atoms with Gasteiger partial charge in [0.1, 0.15) is 5.01 Å². The summed E-state index contributed by atoms with van der Waals surface area (Å²) in [5.74, 6) is 0.0463. The molecule has 0 bridgehead atoms. The van der Waals surface area contributed by atoms with Crippen molar-refractivity contribution in [3.63, 3.8) is 0 Å². The Kier molecular flexibility index (Phi) is 4.24. The van der Waals surface area contributed by atoms with Crippen LogP contribution in [-0.2, 0) is 16.1 Å². The highest BCUT2D eigenvalue weighted by Gasteiger charge is 2.39. The van der Waals surface area contributed by atoms with Gasteiger partial charge in [-0.1, -0.05) is 12.8 Å². The summed E-state index contributed by atoms with van der Waals surface area (Å²) in [6.45, 7) is 1.13. The number of rotatable bonds is 4. The second-order valence-electron chi connectivity index (χ2n) is 6.01. The van der Waals surface area contributed by atoms with E-state index in [2.05, 4.69) is 4.98 Å². The first-order chi connectivity index (χ1) is 10.1. The molecule has 2 fully saturated rings. The van der Waals surface area contributed by atoms with Crippen LogP contribution < -0.4 is 0 Å². The summed E-state index contributed by atoms with van der Waals surface area (Å²) >= 11 is 1.55. The maximum atomic E-state index is 12.5. The number of amides is 2. The number of carbonyl (C=O) groups is 2. The number of hydrogen-bond acceptors (Lipinski definition) is 4. The summed E-state index contributed by atoms with van der Waals surface area (Å²) < 4.78 is 0. The summed E-state index contributed by atoms with van der Waals surface area (Å²) in [6, 6.07) is 0.375. The first kappa shape index (κ1) is 14.5. The lowest BCUT2D eigenvalue weighted by Gasteiger charge is -2.25. The maximum absolute atomic E-state index is 12.5. The molecule has 21 heavy (non-hydrogen) atoms. The Morgan fingerprint density at radius 1 is 1.48 bits per heavy atom. The number of nitrogens with zero attached hydrogens (tertiary/aromatic N) is 3. The van der Waals surface area contributed by atoms with Crippen molar-refractivity contribution in [2.45, 2.75) is 44.7 Å². The molecule has 0 radical (unpaired) electrons. The van der Waals surface area contributed by atoms with Crippen LogP contribution in [0.1, 0.15) is 37.1 Å².